The first-order valence-electron chi connectivity index (χ1n) is 4.54. The minimum Gasteiger partial charge on any atom is -0.387 e. The molecular formula is C10H18N2O2. The van der Waals surface area contributed by atoms with Crippen LogP contribution in [0.25, 0.3) is 0 Å². The smallest absolute Gasteiger partial charge is 0.222 e. The normalized spacial score (nSPS) is 12.4. The molecule has 0 spiro atoms. The molecular weight excluding hydrogens is 180 g/mol. The molecule has 0 amide bonds. The molecule has 0 aromatic carbocycles. The Kier molecular flexibility index (Phi) is 5.79. The average Bonchev–Trinajstić information content (AvgIpc) is 2.14. The van der Waals surface area contributed by atoms with Gasteiger partial charge in [-0.25, -0.2) is 0 Å². The Hall–Kier alpha value is -1.16. The molecule has 0 aliphatic rings. The first-order valence-corrected chi connectivity index (χ1v) is 4.54. The van der Waals surface area contributed by atoms with Crippen LogP contribution in [0.5, 0.6) is 0 Å². The molecule has 0 bridgehead atoms. The lowest BCUT2D eigenvalue weighted by molar-refractivity contribution is -0.127. The van der Waals surface area contributed by atoms with Gasteiger partial charge in [0.2, 0.25) is 5.78 Å². The number of carbonyl (C=O) groups excluding carboxylic acids is 2. The van der Waals surface area contributed by atoms with E-state index in [9.17, 15) is 9.59 Å². The zero-order chi connectivity index (χ0) is 11.1. The number of likely N-dealkylation sites (N-methyl/N-ethyl adjacent to an activating group) is 1. The minimum atomic E-state index is -0.458. The van der Waals surface area contributed by atoms with E-state index >= 15 is 0 Å². The Morgan fingerprint density at radius 3 is 2.36 bits per heavy atom. The summed E-state index contributed by atoms with van der Waals surface area (Å²) in [4.78, 5) is 23.2. The predicted molar refractivity (Wildman–Crippen MR) is 56.0 cm³/mol. The molecule has 0 aromatic rings. The fraction of sp³-hybridized carbons (Fsp3) is 0.600. The summed E-state index contributed by atoms with van der Waals surface area (Å²) < 4.78 is 0. The third-order valence-corrected chi connectivity index (χ3v) is 1.99. The van der Waals surface area contributed by atoms with Crippen LogP contribution in [0.4, 0.5) is 0 Å². The number of hydrogen-bond donors (Lipinski definition) is 1. The van der Waals surface area contributed by atoms with E-state index in [1.165, 1.54) is 0 Å². The maximum atomic E-state index is 11.0. The molecule has 0 saturated carbocycles. The maximum Gasteiger partial charge on any atom is 0.222 e. The summed E-state index contributed by atoms with van der Waals surface area (Å²) in [5, 5.41) is 3.09. The van der Waals surface area contributed by atoms with Gasteiger partial charge in [0, 0.05) is 24.4 Å². The molecule has 0 saturated heterocycles. The number of rotatable bonds is 6. The van der Waals surface area contributed by atoms with Crippen LogP contribution in [0, 0.1) is 0 Å². The van der Waals surface area contributed by atoms with E-state index < -0.39 is 5.78 Å². The van der Waals surface area contributed by atoms with Crippen LogP contribution in [0.15, 0.2) is 11.3 Å². The number of allylic oxidation sites excluding steroid dienone is 2. The quantitative estimate of drug-likeness (QED) is 0.376. The van der Waals surface area contributed by atoms with E-state index in [0.29, 0.717) is 11.9 Å². The predicted octanol–water partition coefficient (Wildman–Crippen LogP) is 0.199. The van der Waals surface area contributed by atoms with Crippen molar-refractivity contribution < 1.29 is 9.59 Å². The Morgan fingerprint density at radius 1 is 1.36 bits per heavy atom. The first kappa shape index (κ1) is 12.8. The third kappa shape index (κ3) is 4.77. The summed E-state index contributed by atoms with van der Waals surface area (Å²) in [7, 11) is 3.95. The molecule has 0 fully saturated rings. The summed E-state index contributed by atoms with van der Waals surface area (Å²) in [5.74, 6) is -0.458. The van der Waals surface area contributed by atoms with Crippen LogP contribution in [0.1, 0.15) is 13.8 Å². The fourth-order valence-corrected chi connectivity index (χ4v) is 0.873. The SMILES string of the molecule is C/C(NCCN(C)C)=C(/C)C(=O)C=O. The molecule has 14 heavy (non-hydrogen) atoms. The summed E-state index contributed by atoms with van der Waals surface area (Å²) in [6.07, 6.45) is 0.340. The summed E-state index contributed by atoms with van der Waals surface area (Å²) >= 11 is 0. The third-order valence-electron chi connectivity index (χ3n) is 1.99. The standard InChI is InChI=1S/C10H18N2O2/c1-8(10(14)7-13)9(2)11-5-6-12(3)4/h7,11H,5-6H2,1-4H3/b9-8+. The Balaban J connectivity index is 4.10. The van der Waals surface area contributed by atoms with Crippen molar-refractivity contribution in [3.8, 4) is 0 Å². The van der Waals surface area contributed by atoms with Crippen molar-refractivity contribution in [2.75, 3.05) is 27.2 Å². The van der Waals surface area contributed by atoms with Crippen LogP contribution in [-0.2, 0) is 9.59 Å². The highest BCUT2D eigenvalue weighted by Crippen LogP contribution is 1.99. The molecule has 0 heterocycles. The second-order valence-electron chi connectivity index (χ2n) is 3.46. The lowest BCUT2D eigenvalue weighted by Crippen LogP contribution is -2.26. The number of carbonyl (C=O) groups is 2. The van der Waals surface area contributed by atoms with Crippen molar-refractivity contribution in [2.24, 2.45) is 0 Å². The molecule has 80 valence electrons. The van der Waals surface area contributed by atoms with Gasteiger partial charge in [-0.15, -0.1) is 0 Å². The maximum absolute atomic E-state index is 11.0. The van der Waals surface area contributed by atoms with Crippen molar-refractivity contribution in [2.45, 2.75) is 13.8 Å². The summed E-state index contributed by atoms with van der Waals surface area (Å²) in [6.45, 7) is 5.10. The molecule has 4 nitrogen and oxygen atoms in total. The number of Topliss-reactive ketones (excluding diaryl/α,β-unsaturated/α-hetero) is 1. The van der Waals surface area contributed by atoms with Crippen LogP contribution >= 0.6 is 0 Å². The van der Waals surface area contributed by atoms with Gasteiger partial charge in [-0.3, -0.25) is 9.59 Å². The minimum absolute atomic E-state index is 0.340. The van der Waals surface area contributed by atoms with Gasteiger partial charge in [0.15, 0.2) is 6.29 Å². The largest absolute Gasteiger partial charge is 0.387 e. The van der Waals surface area contributed by atoms with Crippen molar-refractivity contribution in [1.82, 2.24) is 10.2 Å². The van der Waals surface area contributed by atoms with Crippen molar-refractivity contribution in [1.29, 1.82) is 0 Å². The van der Waals surface area contributed by atoms with Crippen LogP contribution in [0.3, 0.4) is 0 Å². The lowest BCUT2D eigenvalue weighted by Gasteiger charge is -2.12. The molecule has 0 rings (SSSR count). The van der Waals surface area contributed by atoms with Gasteiger partial charge < -0.3 is 10.2 Å². The van der Waals surface area contributed by atoms with Gasteiger partial charge in [0.1, 0.15) is 0 Å². The molecule has 0 atom stereocenters. The van der Waals surface area contributed by atoms with Gasteiger partial charge in [-0.2, -0.15) is 0 Å². The molecule has 4 heteroatoms. The highest BCUT2D eigenvalue weighted by molar-refractivity contribution is 6.32. The van der Waals surface area contributed by atoms with Gasteiger partial charge >= 0.3 is 0 Å². The van der Waals surface area contributed by atoms with E-state index in [2.05, 4.69) is 5.32 Å². The molecule has 0 unspecified atom stereocenters. The number of hydrogen-bond acceptors (Lipinski definition) is 4. The zero-order valence-corrected chi connectivity index (χ0v) is 9.26. The van der Waals surface area contributed by atoms with E-state index in [1.54, 1.807) is 13.8 Å². The molecule has 0 radical (unpaired) electrons. The molecule has 0 aliphatic heterocycles. The second kappa shape index (κ2) is 6.32. The van der Waals surface area contributed by atoms with E-state index in [1.807, 2.05) is 19.0 Å². The molecule has 0 aromatic heterocycles. The summed E-state index contributed by atoms with van der Waals surface area (Å²) in [6, 6.07) is 0. The van der Waals surface area contributed by atoms with E-state index in [0.717, 1.165) is 18.8 Å². The number of ketones is 1. The molecule has 0 aliphatic carbocycles. The highest BCUT2D eigenvalue weighted by atomic mass is 16.2. The van der Waals surface area contributed by atoms with Gasteiger partial charge in [-0.05, 0) is 27.9 Å². The van der Waals surface area contributed by atoms with Crippen LogP contribution < -0.4 is 5.32 Å². The highest BCUT2D eigenvalue weighted by Gasteiger charge is 2.05. The topological polar surface area (TPSA) is 49.4 Å². The molecule has 1 N–H and O–H groups in total. The van der Waals surface area contributed by atoms with Gasteiger partial charge in [-0.1, -0.05) is 0 Å². The number of nitrogens with one attached hydrogen (secondary N) is 1. The van der Waals surface area contributed by atoms with Crippen molar-refractivity contribution >= 4 is 12.1 Å². The van der Waals surface area contributed by atoms with Crippen molar-refractivity contribution in [3.05, 3.63) is 11.3 Å². The van der Waals surface area contributed by atoms with Gasteiger partial charge in [0.25, 0.3) is 0 Å². The first-order chi connectivity index (χ1) is 6.49. The Labute approximate surface area is 85.0 Å². The van der Waals surface area contributed by atoms with E-state index in [4.69, 9.17) is 0 Å². The number of aldehydes is 1. The second-order valence-corrected chi connectivity index (χ2v) is 3.46. The fourth-order valence-electron chi connectivity index (χ4n) is 0.873. The van der Waals surface area contributed by atoms with Gasteiger partial charge in [0.05, 0.1) is 0 Å². The van der Waals surface area contributed by atoms with Crippen molar-refractivity contribution in [3.63, 3.8) is 0 Å². The lowest BCUT2D eigenvalue weighted by atomic mass is 10.1. The average molecular weight is 198 g/mol. The van der Waals surface area contributed by atoms with Crippen LogP contribution in [0.2, 0.25) is 0 Å². The van der Waals surface area contributed by atoms with Crippen LogP contribution in [-0.4, -0.2) is 44.2 Å². The zero-order valence-electron chi connectivity index (χ0n) is 9.26. The van der Waals surface area contributed by atoms with E-state index in [-0.39, 0.29) is 0 Å². The number of nitrogens with zero attached hydrogens (tertiary/aromatic N) is 1. The Morgan fingerprint density at radius 2 is 1.93 bits per heavy atom. The Bertz CT molecular complexity index is 245. The summed E-state index contributed by atoms with van der Waals surface area (Å²) in [5.41, 5.74) is 1.25. The monoisotopic (exact) mass is 198 g/mol.